The molecule has 0 heterocycles. The number of benzene rings is 2. The Hall–Kier alpha value is -2.49. The van der Waals surface area contributed by atoms with Gasteiger partial charge in [-0.15, -0.1) is 0 Å². The zero-order valence-corrected chi connectivity index (χ0v) is 15.2. The van der Waals surface area contributed by atoms with Crippen molar-refractivity contribution in [1.82, 2.24) is 5.32 Å². The van der Waals surface area contributed by atoms with Crippen LogP contribution in [-0.4, -0.2) is 12.0 Å². The highest BCUT2D eigenvalue weighted by Gasteiger charge is 2.14. The van der Waals surface area contributed by atoms with Crippen LogP contribution in [0.5, 0.6) is 5.75 Å². The molecule has 1 aliphatic carbocycles. The van der Waals surface area contributed by atoms with Crippen molar-refractivity contribution in [3.63, 3.8) is 0 Å². The van der Waals surface area contributed by atoms with Crippen LogP contribution in [-0.2, 0) is 17.8 Å². The van der Waals surface area contributed by atoms with Crippen molar-refractivity contribution < 1.29 is 9.53 Å². The zero-order valence-electron chi connectivity index (χ0n) is 15.2. The predicted molar refractivity (Wildman–Crippen MR) is 105 cm³/mol. The molecule has 4 nitrogen and oxygen atoms in total. The molecule has 4 heteroatoms. The normalized spacial score (nSPS) is 14.8. The van der Waals surface area contributed by atoms with Gasteiger partial charge in [0.25, 0.3) is 0 Å². The Morgan fingerprint density at radius 1 is 1.04 bits per heavy atom. The van der Waals surface area contributed by atoms with Gasteiger partial charge in [-0.1, -0.05) is 36.8 Å². The summed E-state index contributed by atoms with van der Waals surface area (Å²) in [5.74, 6) is 0.960. The molecule has 0 bridgehead atoms. The van der Waals surface area contributed by atoms with Crippen LogP contribution in [0.2, 0.25) is 0 Å². The molecule has 0 radical (unpaired) electrons. The fraction of sp³-hybridized carbons (Fsp3) is 0.409. The smallest absolute Gasteiger partial charge is 0.220 e. The minimum atomic E-state index is 0.0378. The largest absolute Gasteiger partial charge is 0.490 e. The summed E-state index contributed by atoms with van der Waals surface area (Å²) in [7, 11) is 0. The molecule has 1 aliphatic rings. The number of anilines is 1. The Labute approximate surface area is 155 Å². The van der Waals surface area contributed by atoms with Crippen LogP contribution >= 0.6 is 0 Å². The molecule has 0 aromatic heterocycles. The third kappa shape index (κ3) is 5.51. The number of carbonyl (C=O) groups is 1. The molecule has 1 amide bonds. The summed E-state index contributed by atoms with van der Waals surface area (Å²) in [6.45, 7) is 0.535. The zero-order chi connectivity index (χ0) is 18.2. The summed E-state index contributed by atoms with van der Waals surface area (Å²) < 4.78 is 6.04. The lowest BCUT2D eigenvalue weighted by molar-refractivity contribution is -0.121. The van der Waals surface area contributed by atoms with Gasteiger partial charge in [-0.3, -0.25) is 4.79 Å². The molecule has 0 atom stereocenters. The monoisotopic (exact) mass is 352 g/mol. The van der Waals surface area contributed by atoms with E-state index in [1.54, 1.807) is 0 Å². The highest BCUT2D eigenvalue weighted by atomic mass is 16.5. The van der Waals surface area contributed by atoms with Gasteiger partial charge in [0.05, 0.1) is 6.10 Å². The topological polar surface area (TPSA) is 64.4 Å². The van der Waals surface area contributed by atoms with Crippen LogP contribution in [0.3, 0.4) is 0 Å². The molecular formula is C22H28N2O2. The van der Waals surface area contributed by atoms with Crippen LogP contribution in [0.1, 0.15) is 49.7 Å². The fourth-order valence-electron chi connectivity index (χ4n) is 3.36. The molecule has 0 spiro atoms. The lowest BCUT2D eigenvalue weighted by Gasteiger charge is -2.23. The summed E-state index contributed by atoms with van der Waals surface area (Å²) in [6.07, 6.45) is 7.64. The molecule has 2 aromatic rings. The predicted octanol–water partition coefficient (Wildman–Crippen LogP) is 4.23. The fourth-order valence-corrected chi connectivity index (χ4v) is 3.36. The maximum absolute atomic E-state index is 12.1. The molecule has 0 unspecified atom stereocenters. The van der Waals surface area contributed by atoms with Crippen molar-refractivity contribution in [1.29, 1.82) is 0 Å². The van der Waals surface area contributed by atoms with Gasteiger partial charge in [0, 0.05) is 18.7 Å². The molecule has 0 saturated heterocycles. The number of rotatable bonds is 7. The quantitative estimate of drug-likeness (QED) is 0.733. The van der Waals surface area contributed by atoms with Crippen LogP contribution in [0.15, 0.2) is 48.5 Å². The van der Waals surface area contributed by atoms with E-state index in [4.69, 9.17) is 10.5 Å². The Balaban J connectivity index is 1.41. The molecule has 2 aromatic carbocycles. The Kier molecular flexibility index (Phi) is 6.53. The minimum absolute atomic E-state index is 0.0378. The van der Waals surface area contributed by atoms with Gasteiger partial charge < -0.3 is 15.8 Å². The van der Waals surface area contributed by atoms with E-state index in [9.17, 15) is 4.79 Å². The average molecular weight is 352 g/mol. The van der Waals surface area contributed by atoms with Gasteiger partial charge in [0.15, 0.2) is 0 Å². The Bertz CT molecular complexity index is 706. The summed E-state index contributed by atoms with van der Waals surface area (Å²) >= 11 is 0. The molecular weight excluding hydrogens is 324 g/mol. The summed E-state index contributed by atoms with van der Waals surface area (Å²) in [6, 6.07) is 15.7. The molecule has 138 valence electrons. The summed E-state index contributed by atoms with van der Waals surface area (Å²) in [5.41, 5.74) is 8.75. The van der Waals surface area contributed by atoms with E-state index >= 15 is 0 Å². The van der Waals surface area contributed by atoms with E-state index < -0.39 is 0 Å². The summed E-state index contributed by atoms with van der Waals surface area (Å²) in [4.78, 5) is 12.1. The van der Waals surface area contributed by atoms with E-state index in [2.05, 4.69) is 5.32 Å². The SMILES string of the molecule is Nc1ccccc1CCC(=O)NCc1ccc(OC2CCCCC2)cc1. The number of nitrogens with one attached hydrogen (secondary N) is 1. The van der Waals surface area contributed by atoms with Crippen LogP contribution in [0.4, 0.5) is 5.69 Å². The van der Waals surface area contributed by atoms with Crippen molar-refractivity contribution in [2.75, 3.05) is 5.73 Å². The number of nitrogen functional groups attached to an aromatic ring is 1. The van der Waals surface area contributed by atoms with E-state index in [1.807, 2.05) is 48.5 Å². The van der Waals surface area contributed by atoms with Crippen molar-refractivity contribution >= 4 is 11.6 Å². The molecule has 1 saturated carbocycles. The third-order valence-electron chi connectivity index (χ3n) is 4.94. The maximum Gasteiger partial charge on any atom is 0.220 e. The van der Waals surface area contributed by atoms with E-state index in [-0.39, 0.29) is 5.91 Å². The van der Waals surface area contributed by atoms with E-state index in [1.165, 1.54) is 19.3 Å². The number of hydrogen-bond donors (Lipinski definition) is 2. The summed E-state index contributed by atoms with van der Waals surface area (Å²) in [5, 5.41) is 2.97. The van der Waals surface area contributed by atoms with Crippen molar-refractivity contribution in [2.45, 2.75) is 57.6 Å². The molecule has 26 heavy (non-hydrogen) atoms. The first-order valence-corrected chi connectivity index (χ1v) is 9.56. The van der Waals surface area contributed by atoms with Crippen LogP contribution < -0.4 is 15.8 Å². The molecule has 3 N–H and O–H groups in total. The minimum Gasteiger partial charge on any atom is -0.490 e. The third-order valence-corrected chi connectivity index (χ3v) is 4.94. The standard InChI is InChI=1S/C22H28N2O2/c23-21-9-5-4-6-18(21)12-15-22(25)24-16-17-10-13-20(14-11-17)26-19-7-2-1-3-8-19/h4-6,9-11,13-14,19H,1-3,7-8,12,15-16,23H2,(H,24,25). The number of hydrogen-bond acceptors (Lipinski definition) is 3. The average Bonchev–Trinajstić information content (AvgIpc) is 2.68. The maximum atomic E-state index is 12.1. The Morgan fingerprint density at radius 3 is 2.50 bits per heavy atom. The van der Waals surface area contributed by atoms with Gasteiger partial charge in [0.1, 0.15) is 5.75 Å². The van der Waals surface area contributed by atoms with Gasteiger partial charge in [0.2, 0.25) is 5.91 Å². The van der Waals surface area contributed by atoms with Crippen LogP contribution in [0.25, 0.3) is 0 Å². The van der Waals surface area contributed by atoms with Gasteiger partial charge in [-0.2, -0.15) is 0 Å². The first-order chi connectivity index (χ1) is 12.7. The van der Waals surface area contributed by atoms with Crippen molar-refractivity contribution in [3.8, 4) is 5.75 Å². The highest BCUT2D eigenvalue weighted by molar-refractivity contribution is 5.76. The Morgan fingerprint density at radius 2 is 1.77 bits per heavy atom. The van der Waals surface area contributed by atoms with Gasteiger partial charge >= 0.3 is 0 Å². The highest BCUT2D eigenvalue weighted by Crippen LogP contribution is 2.23. The second kappa shape index (κ2) is 9.27. The molecule has 3 rings (SSSR count). The number of carbonyl (C=O) groups excluding carboxylic acids is 1. The first-order valence-electron chi connectivity index (χ1n) is 9.56. The van der Waals surface area contributed by atoms with Crippen molar-refractivity contribution in [3.05, 3.63) is 59.7 Å². The molecule has 0 aliphatic heterocycles. The number of nitrogens with two attached hydrogens (primary N) is 1. The van der Waals surface area contributed by atoms with E-state index in [0.717, 1.165) is 35.4 Å². The number of para-hydroxylation sites is 1. The molecule has 1 fully saturated rings. The van der Waals surface area contributed by atoms with Crippen LogP contribution in [0, 0.1) is 0 Å². The lowest BCUT2D eigenvalue weighted by atomic mass is 9.98. The second-order valence-corrected chi connectivity index (χ2v) is 7.00. The van der Waals surface area contributed by atoms with Crippen molar-refractivity contribution in [2.24, 2.45) is 0 Å². The first kappa shape index (κ1) is 18.3. The second-order valence-electron chi connectivity index (χ2n) is 7.00. The number of amides is 1. The van der Waals surface area contributed by atoms with Gasteiger partial charge in [-0.05, 0) is 61.4 Å². The number of ether oxygens (including phenoxy) is 1. The van der Waals surface area contributed by atoms with E-state index in [0.29, 0.717) is 25.5 Å². The number of aryl methyl sites for hydroxylation is 1. The van der Waals surface area contributed by atoms with Gasteiger partial charge in [-0.25, -0.2) is 0 Å². The lowest BCUT2D eigenvalue weighted by Crippen LogP contribution is -2.23.